The van der Waals surface area contributed by atoms with Crippen molar-refractivity contribution in [2.45, 2.75) is 19.9 Å². The van der Waals surface area contributed by atoms with Crippen molar-refractivity contribution >= 4 is 17.7 Å². The Morgan fingerprint density at radius 1 is 1.38 bits per heavy atom. The van der Waals surface area contributed by atoms with Crippen LogP contribution in [0.25, 0.3) is 0 Å². The zero-order valence-corrected chi connectivity index (χ0v) is 11.4. The van der Waals surface area contributed by atoms with Crippen LogP contribution in [0.4, 0.5) is 16.4 Å². The van der Waals surface area contributed by atoms with Crippen LogP contribution in [0.2, 0.25) is 0 Å². The van der Waals surface area contributed by atoms with Crippen LogP contribution in [0.15, 0.2) is 18.7 Å². The van der Waals surface area contributed by atoms with Gasteiger partial charge < -0.3 is 15.3 Å². The van der Waals surface area contributed by atoms with Gasteiger partial charge in [-0.3, -0.25) is 0 Å². The molecule has 0 spiro atoms. The summed E-state index contributed by atoms with van der Waals surface area (Å²) in [5.41, 5.74) is 3.23. The molecule has 0 saturated heterocycles. The average molecular weight is 286 g/mol. The largest absolute Gasteiger partial charge is 0.465 e. The standard InChI is InChI=1S/C13H14N6O2/c1-8-10(5-14-7-16-8)17-12-15-4-9-2-3-19(13(20)21)6-11(9)18-12/h4-5,7H,2-3,6H2,1H3,(H,20,21)(H,15,17,18). The molecule has 2 aromatic rings. The Bertz CT molecular complexity index is 690. The van der Waals surface area contributed by atoms with Crippen LogP contribution in [0.3, 0.4) is 0 Å². The maximum Gasteiger partial charge on any atom is 0.407 e. The van der Waals surface area contributed by atoms with Crippen molar-refractivity contribution in [3.05, 3.63) is 35.7 Å². The molecule has 1 aliphatic heterocycles. The average Bonchev–Trinajstić information content (AvgIpc) is 2.49. The lowest BCUT2D eigenvalue weighted by Crippen LogP contribution is -2.35. The van der Waals surface area contributed by atoms with Gasteiger partial charge in [0, 0.05) is 12.7 Å². The number of hydrogen-bond donors (Lipinski definition) is 2. The highest BCUT2D eigenvalue weighted by Crippen LogP contribution is 2.20. The van der Waals surface area contributed by atoms with Crippen molar-refractivity contribution < 1.29 is 9.90 Å². The number of carbonyl (C=O) groups is 1. The number of fused-ring (bicyclic) bond motifs is 1. The summed E-state index contributed by atoms with van der Waals surface area (Å²) in [4.78, 5) is 29.1. The summed E-state index contributed by atoms with van der Waals surface area (Å²) in [5.74, 6) is 0.416. The second kappa shape index (κ2) is 5.31. The third-order valence-corrected chi connectivity index (χ3v) is 3.37. The smallest absolute Gasteiger partial charge is 0.407 e. The predicted octanol–water partition coefficient (Wildman–Crippen LogP) is 1.35. The molecule has 108 valence electrons. The monoisotopic (exact) mass is 286 g/mol. The first kappa shape index (κ1) is 13.2. The van der Waals surface area contributed by atoms with Crippen LogP contribution >= 0.6 is 0 Å². The van der Waals surface area contributed by atoms with Crippen molar-refractivity contribution in [1.29, 1.82) is 0 Å². The van der Waals surface area contributed by atoms with E-state index in [1.807, 2.05) is 6.92 Å². The van der Waals surface area contributed by atoms with E-state index in [2.05, 4.69) is 25.3 Å². The van der Waals surface area contributed by atoms with Gasteiger partial charge in [0.15, 0.2) is 0 Å². The second-order valence-electron chi connectivity index (χ2n) is 4.77. The summed E-state index contributed by atoms with van der Waals surface area (Å²) in [5, 5.41) is 12.1. The molecule has 0 unspecified atom stereocenters. The second-order valence-corrected chi connectivity index (χ2v) is 4.77. The van der Waals surface area contributed by atoms with E-state index in [1.54, 1.807) is 12.4 Å². The first-order valence-corrected chi connectivity index (χ1v) is 6.50. The van der Waals surface area contributed by atoms with Gasteiger partial charge in [-0.15, -0.1) is 0 Å². The van der Waals surface area contributed by atoms with Gasteiger partial charge in [0.1, 0.15) is 6.33 Å². The Labute approximate surface area is 120 Å². The van der Waals surface area contributed by atoms with Gasteiger partial charge in [-0.2, -0.15) is 0 Å². The van der Waals surface area contributed by atoms with Gasteiger partial charge in [0.05, 0.1) is 29.8 Å². The molecule has 8 nitrogen and oxygen atoms in total. The van der Waals surface area contributed by atoms with Crippen molar-refractivity contribution in [3.63, 3.8) is 0 Å². The van der Waals surface area contributed by atoms with E-state index in [0.29, 0.717) is 18.9 Å². The summed E-state index contributed by atoms with van der Waals surface area (Å²) in [6.45, 7) is 2.62. The summed E-state index contributed by atoms with van der Waals surface area (Å²) < 4.78 is 0. The molecule has 0 saturated carbocycles. The van der Waals surface area contributed by atoms with E-state index in [1.165, 1.54) is 11.2 Å². The maximum atomic E-state index is 11.0. The lowest BCUT2D eigenvalue weighted by atomic mass is 10.1. The molecule has 0 aliphatic carbocycles. The molecule has 1 amide bonds. The minimum Gasteiger partial charge on any atom is -0.465 e. The van der Waals surface area contributed by atoms with E-state index in [4.69, 9.17) is 5.11 Å². The zero-order valence-electron chi connectivity index (χ0n) is 11.4. The number of carboxylic acid groups (broad SMARTS) is 1. The number of nitrogens with one attached hydrogen (secondary N) is 1. The van der Waals surface area contributed by atoms with Gasteiger partial charge in [0.25, 0.3) is 0 Å². The quantitative estimate of drug-likeness (QED) is 0.858. The van der Waals surface area contributed by atoms with Gasteiger partial charge >= 0.3 is 6.09 Å². The molecule has 0 radical (unpaired) electrons. The number of hydrogen-bond acceptors (Lipinski definition) is 6. The molecular weight excluding hydrogens is 272 g/mol. The number of aryl methyl sites for hydroxylation is 1. The molecule has 2 aromatic heterocycles. The highest BCUT2D eigenvalue weighted by Gasteiger charge is 2.21. The zero-order chi connectivity index (χ0) is 14.8. The van der Waals surface area contributed by atoms with E-state index < -0.39 is 6.09 Å². The van der Waals surface area contributed by atoms with E-state index in [-0.39, 0.29) is 6.54 Å². The first-order valence-electron chi connectivity index (χ1n) is 6.50. The molecule has 8 heteroatoms. The van der Waals surface area contributed by atoms with Gasteiger partial charge in [0.2, 0.25) is 5.95 Å². The SMILES string of the molecule is Cc1ncncc1Nc1ncc2c(n1)CN(C(=O)O)CC2. The van der Waals surface area contributed by atoms with Gasteiger partial charge in [-0.05, 0) is 18.9 Å². The first-order chi connectivity index (χ1) is 10.1. The Hall–Kier alpha value is -2.77. The molecule has 0 aromatic carbocycles. The van der Waals surface area contributed by atoms with Crippen LogP contribution in [-0.4, -0.2) is 42.6 Å². The van der Waals surface area contributed by atoms with Crippen molar-refractivity contribution in [2.24, 2.45) is 0 Å². The minimum atomic E-state index is -0.930. The fourth-order valence-corrected chi connectivity index (χ4v) is 2.16. The number of anilines is 2. The lowest BCUT2D eigenvalue weighted by Gasteiger charge is -2.25. The molecule has 0 bridgehead atoms. The third kappa shape index (κ3) is 2.73. The predicted molar refractivity (Wildman–Crippen MR) is 74.2 cm³/mol. The van der Waals surface area contributed by atoms with Gasteiger partial charge in [-0.25, -0.2) is 24.7 Å². The Morgan fingerprint density at radius 3 is 3.00 bits per heavy atom. The topological polar surface area (TPSA) is 104 Å². The normalized spacial score (nSPS) is 13.7. The van der Waals surface area contributed by atoms with Crippen LogP contribution in [-0.2, 0) is 13.0 Å². The molecule has 3 rings (SSSR count). The molecule has 0 atom stereocenters. The Kier molecular flexibility index (Phi) is 3.35. The summed E-state index contributed by atoms with van der Waals surface area (Å²) >= 11 is 0. The van der Waals surface area contributed by atoms with Crippen LogP contribution < -0.4 is 5.32 Å². The fourth-order valence-electron chi connectivity index (χ4n) is 2.16. The highest BCUT2D eigenvalue weighted by molar-refractivity contribution is 5.65. The number of rotatable bonds is 2. The van der Waals surface area contributed by atoms with E-state index >= 15 is 0 Å². The van der Waals surface area contributed by atoms with Crippen LogP contribution in [0.5, 0.6) is 0 Å². The highest BCUT2D eigenvalue weighted by atomic mass is 16.4. The minimum absolute atomic E-state index is 0.284. The maximum absolute atomic E-state index is 11.0. The van der Waals surface area contributed by atoms with Crippen LogP contribution in [0.1, 0.15) is 17.0 Å². The fraction of sp³-hybridized carbons (Fsp3) is 0.308. The molecule has 0 fully saturated rings. The molecule has 21 heavy (non-hydrogen) atoms. The summed E-state index contributed by atoms with van der Waals surface area (Å²) in [6, 6.07) is 0. The Morgan fingerprint density at radius 2 is 2.24 bits per heavy atom. The molecule has 1 aliphatic rings. The van der Waals surface area contributed by atoms with Crippen LogP contribution in [0, 0.1) is 6.92 Å². The molecular formula is C13H14N6O2. The number of amides is 1. The van der Waals surface area contributed by atoms with Gasteiger partial charge in [-0.1, -0.05) is 0 Å². The summed E-state index contributed by atoms with van der Waals surface area (Å²) in [7, 11) is 0. The molecule has 3 heterocycles. The lowest BCUT2D eigenvalue weighted by molar-refractivity contribution is 0.139. The van der Waals surface area contributed by atoms with E-state index in [0.717, 1.165) is 22.6 Å². The van der Waals surface area contributed by atoms with Crippen molar-refractivity contribution in [3.8, 4) is 0 Å². The third-order valence-electron chi connectivity index (χ3n) is 3.37. The van der Waals surface area contributed by atoms with Crippen molar-refractivity contribution in [2.75, 3.05) is 11.9 Å². The molecule has 2 N–H and O–H groups in total. The Balaban J connectivity index is 1.84. The van der Waals surface area contributed by atoms with E-state index in [9.17, 15) is 4.79 Å². The number of nitrogens with zero attached hydrogens (tertiary/aromatic N) is 5. The summed E-state index contributed by atoms with van der Waals surface area (Å²) in [6.07, 6.45) is 4.56. The number of aromatic nitrogens is 4. The van der Waals surface area contributed by atoms with Crippen molar-refractivity contribution in [1.82, 2.24) is 24.8 Å².